The molecule has 2 aromatic heterocycles. The van der Waals surface area contributed by atoms with Gasteiger partial charge >= 0.3 is 0 Å². The molecule has 0 unspecified atom stereocenters. The summed E-state index contributed by atoms with van der Waals surface area (Å²) in [5, 5.41) is 6.60. The van der Waals surface area contributed by atoms with E-state index in [4.69, 9.17) is 0 Å². The van der Waals surface area contributed by atoms with Gasteiger partial charge in [0.15, 0.2) is 5.69 Å². The molecule has 0 atom stereocenters. The number of amides is 1. The summed E-state index contributed by atoms with van der Waals surface area (Å²) in [5.41, 5.74) is 2.47. The molecule has 106 valence electrons. The second kappa shape index (κ2) is 4.73. The summed E-state index contributed by atoms with van der Waals surface area (Å²) in [6.45, 7) is 0. The highest BCUT2D eigenvalue weighted by molar-refractivity contribution is 5.92. The van der Waals surface area contributed by atoms with Crippen molar-refractivity contribution in [1.82, 2.24) is 20.0 Å². The van der Waals surface area contributed by atoms with Gasteiger partial charge in [-0.3, -0.25) is 4.79 Å². The average Bonchev–Trinajstić information content (AvgIpc) is 3.11. The maximum atomic E-state index is 11.9. The maximum Gasteiger partial charge on any atom is 0.273 e. The number of aromatic nitrogens is 3. The van der Waals surface area contributed by atoms with Gasteiger partial charge in [0.25, 0.3) is 5.91 Å². The molecule has 1 N–H and O–H groups in total. The van der Waals surface area contributed by atoms with Crippen molar-refractivity contribution in [3.05, 3.63) is 48.6 Å². The van der Waals surface area contributed by atoms with E-state index in [1.807, 2.05) is 24.5 Å². The number of carbonyl (C=O) groups is 1. The summed E-state index contributed by atoms with van der Waals surface area (Å²) in [6.07, 6.45) is 5.09. The lowest BCUT2D eigenvalue weighted by atomic mass is 9.86. The Kier molecular flexibility index (Phi) is 2.73. The summed E-state index contributed by atoms with van der Waals surface area (Å²) in [7, 11) is 0. The third-order valence-corrected chi connectivity index (χ3v) is 3.99. The van der Waals surface area contributed by atoms with Crippen LogP contribution in [-0.4, -0.2) is 26.7 Å². The molecule has 2 heterocycles. The van der Waals surface area contributed by atoms with E-state index in [0.717, 1.165) is 23.9 Å². The van der Waals surface area contributed by atoms with Gasteiger partial charge in [-0.2, -0.15) is 0 Å². The van der Waals surface area contributed by atoms with Gasteiger partial charge in [0.2, 0.25) is 0 Å². The summed E-state index contributed by atoms with van der Waals surface area (Å²) < 4.78 is 6.86. The van der Waals surface area contributed by atoms with Crippen molar-refractivity contribution in [2.24, 2.45) is 0 Å². The Hall–Kier alpha value is -2.63. The number of rotatable bonds is 3. The molecule has 1 fully saturated rings. The number of hydrogen-bond acceptors (Lipinski definition) is 4. The number of para-hydroxylation sites is 2. The first-order valence-corrected chi connectivity index (χ1v) is 6.94. The van der Waals surface area contributed by atoms with Crippen LogP contribution >= 0.6 is 0 Å². The molecule has 0 spiro atoms. The van der Waals surface area contributed by atoms with Crippen LogP contribution in [0.3, 0.4) is 0 Å². The molecular formula is C15H14N4O2. The second-order valence-electron chi connectivity index (χ2n) is 5.32. The molecule has 0 aliphatic heterocycles. The molecule has 0 bridgehead atoms. The SMILES string of the molecule is O=C(NC1CC(n2cnc3ccccc32)C1)c1ccon1. The fraction of sp³-hybridized carbons (Fsp3) is 0.267. The number of hydrogen-bond donors (Lipinski definition) is 1. The predicted molar refractivity (Wildman–Crippen MR) is 75.8 cm³/mol. The molecule has 21 heavy (non-hydrogen) atoms. The van der Waals surface area contributed by atoms with Crippen LogP contribution in [0.15, 0.2) is 47.4 Å². The molecule has 4 rings (SSSR count). The predicted octanol–water partition coefficient (Wildman–Crippen LogP) is 2.16. The number of benzene rings is 1. The number of nitrogens with one attached hydrogen (secondary N) is 1. The van der Waals surface area contributed by atoms with Crippen molar-refractivity contribution in [3.63, 3.8) is 0 Å². The molecular weight excluding hydrogens is 268 g/mol. The smallest absolute Gasteiger partial charge is 0.273 e. The van der Waals surface area contributed by atoms with E-state index in [1.54, 1.807) is 6.07 Å². The molecule has 6 heteroatoms. The van der Waals surface area contributed by atoms with Crippen molar-refractivity contribution < 1.29 is 9.32 Å². The monoisotopic (exact) mass is 282 g/mol. The lowest BCUT2D eigenvalue weighted by Gasteiger charge is -2.36. The van der Waals surface area contributed by atoms with E-state index < -0.39 is 0 Å². The first-order valence-electron chi connectivity index (χ1n) is 6.94. The first-order chi connectivity index (χ1) is 10.3. The van der Waals surface area contributed by atoms with Gasteiger partial charge in [0.1, 0.15) is 6.26 Å². The highest BCUT2D eigenvalue weighted by Crippen LogP contribution is 2.34. The van der Waals surface area contributed by atoms with E-state index in [-0.39, 0.29) is 11.9 Å². The third-order valence-electron chi connectivity index (χ3n) is 3.99. The topological polar surface area (TPSA) is 73.0 Å². The van der Waals surface area contributed by atoms with Gasteiger partial charge in [-0.05, 0) is 25.0 Å². The Labute approximate surface area is 120 Å². The zero-order valence-electron chi connectivity index (χ0n) is 11.3. The molecule has 1 aromatic carbocycles. The standard InChI is InChI=1S/C15H14N4O2/c20-15(13-5-6-21-18-13)17-10-7-11(8-10)19-9-16-12-3-1-2-4-14(12)19/h1-6,9-11H,7-8H2,(H,17,20). The summed E-state index contributed by atoms with van der Waals surface area (Å²) in [6, 6.07) is 10.2. The Morgan fingerprint density at radius 2 is 2.14 bits per heavy atom. The van der Waals surface area contributed by atoms with Crippen LogP contribution < -0.4 is 5.32 Å². The molecule has 1 saturated carbocycles. The van der Waals surface area contributed by atoms with Gasteiger partial charge in [0.05, 0.1) is 17.4 Å². The first kappa shape index (κ1) is 12.1. The van der Waals surface area contributed by atoms with E-state index in [2.05, 4.69) is 30.6 Å². The minimum atomic E-state index is -0.178. The normalized spacial score (nSPS) is 21.1. The van der Waals surface area contributed by atoms with E-state index in [1.165, 1.54) is 6.26 Å². The van der Waals surface area contributed by atoms with E-state index >= 15 is 0 Å². The maximum absolute atomic E-state index is 11.9. The van der Waals surface area contributed by atoms with Gasteiger partial charge in [-0.1, -0.05) is 17.3 Å². The largest absolute Gasteiger partial charge is 0.364 e. The number of carbonyl (C=O) groups excluding carboxylic acids is 1. The summed E-state index contributed by atoms with van der Waals surface area (Å²) in [4.78, 5) is 16.3. The quantitative estimate of drug-likeness (QED) is 0.799. The van der Waals surface area contributed by atoms with Gasteiger partial charge in [-0.15, -0.1) is 0 Å². The second-order valence-corrected chi connectivity index (χ2v) is 5.32. The molecule has 3 aromatic rings. The Balaban J connectivity index is 1.42. The van der Waals surface area contributed by atoms with Crippen LogP contribution in [-0.2, 0) is 0 Å². The molecule has 0 radical (unpaired) electrons. The molecule has 6 nitrogen and oxygen atoms in total. The van der Waals surface area contributed by atoms with Gasteiger partial charge < -0.3 is 14.4 Å². The van der Waals surface area contributed by atoms with Gasteiger partial charge in [-0.25, -0.2) is 4.98 Å². The summed E-state index contributed by atoms with van der Waals surface area (Å²) in [5.74, 6) is -0.178. The Morgan fingerprint density at radius 3 is 2.95 bits per heavy atom. The molecule has 0 saturated heterocycles. The van der Waals surface area contributed by atoms with Crippen LogP contribution in [0.4, 0.5) is 0 Å². The van der Waals surface area contributed by atoms with Crippen molar-refractivity contribution in [1.29, 1.82) is 0 Å². The van der Waals surface area contributed by atoms with E-state index in [9.17, 15) is 4.79 Å². The fourth-order valence-electron chi connectivity index (χ4n) is 2.79. The van der Waals surface area contributed by atoms with Crippen molar-refractivity contribution >= 4 is 16.9 Å². The van der Waals surface area contributed by atoms with Crippen LogP contribution in [0.25, 0.3) is 11.0 Å². The number of imidazole rings is 1. The Bertz CT molecular complexity index is 772. The minimum absolute atomic E-state index is 0.178. The van der Waals surface area contributed by atoms with Crippen molar-refractivity contribution in [3.8, 4) is 0 Å². The third kappa shape index (κ3) is 2.08. The van der Waals surface area contributed by atoms with Crippen LogP contribution in [0, 0.1) is 0 Å². The highest BCUT2D eigenvalue weighted by atomic mass is 16.5. The van der Waals surface area contributed by atoms with Crippen molar-refractivity contribution in [2.75, 3.05) is 0 Å². The molecule has 1 amide bonds. The number of fused-ring (bicyclic) bond motifs is 1. The van der Waals surface area contributed by atoms with Gasteiger partial charge in [0, 0.05) is 18.2 Å². The molecule has 1 aliphatic rings. The summed E-state index contributed by atoms with van der Waals surface area (Å²) >= 11 is 0. The zero-order chi connectivity index (χ0) is 14.2. The van der Waals surface area contributed by atoms with Crippen LogP contribution in [0.2, 0.25) is 0 Å². The average molecular weight is 282 g/mol. The number of nitrogens with zero attached hydrogens (tertiary/aromatic N) is 3. The molecule has 1 aliphatic carbocycles. The Morgan fingerprint density at radius 1 is 1.29 bits per heavy atom. The lowest BCUT2D eigenvalue weighted by molar-refractivity contribution is 0.0885. The minimum Gasteiger partial charge on any atom is -0.364 e. The fourth-order valence-corrected chi connectivity index (χ4v) is 2.79. The zero-order valence-corrected chi connectivity index (χ0v) is 11.3. The van der Waals surface area contributed by atoms with Crippen LogP contribution in [0.1, 0.15) is 29.4 Å². The van der Waals surface area contributed by atoms with Crippen LogP contribution in [0.5, 0.6) is 0 Å². The van der Waals surface area contributed by atoms with E-state index in [0.29, 0.717) is 11.7 Å². The lowest BCUT2D eigenvalue weighted by Crippen LogP contribution is -2.45. The highest BCUT2D eigenvalue weighted by Gasteiger charge is 2.32. The van der Waals surface area contributed by atoms with Crippen molar-refractivity contribution in [2.45, 2.75) is 24.9 Å².